The smallest absolute Gasteiger partial charge is 0.191 e. The first-order chi connectivity index (χ1) is 15.6. The van der Waals surface area contributed by atoms with Gasteiger partial charge in [-0.15, -0.1) is 0 Å². The van der Waals surface area contributed by atoms with Crippen LogP contribution < -0.4 is 15.5 Å². The molecule has 1 heterocycles. The van der Waals surface area contributed by atoms with Crippen LogP contribution in [0, 0.1) is 5.82 Å². The third-order valence-electron chi connectivity index (χ3n) is 5.83. The van der Waals surface area contributed by atoms with Crippen molar-refractivity contribution in [2.24, 2.45) is 4.99 Å². The summed E-state index contributed by atoms with van der Waals surface area (Å²) in [4.78, 5) is 9.09. The van der Waals surface area contributed by atoms with Gasteiger partial charge in [0.25, 0.3) is 0 Å². The molecule has 6 nitrogen and oxygen atoms in total. The Labute approximate surface area is 191 Å². The Balaban J connectivity index is 1.53. The molecule has 1 unspecified atom stereocenters. The predicted octanol–water partition coefficient (Wildman–Crippen LogP) is 3.15. The Morgan fingerprint density at radius 1 is 1.06 bits per heavy atom. The molecule has 2 aromatic rings. The van der Waals surface area contributed by atoms with Crippen LogP contribution in [0.25, 0.3) is 0 Å². The number of anilines is 1. The number of nitrogens with one attached hydrogen (secondary N) is 2. The predicted molar refractivity (Wildman–Crippen MR) is 130 cm³/mol. The van der Waals surface area contributed by atoms with E-state index >= 15 is 0 Å². The van der Waals surface area contributed by atoms with Crippen LogP contribution >= 0.6 is 0 Å². The van der Waals surface area contributed by atoms with E-state index in [0.717, 1.165) is 50.4 Å². The molecule has 0 aromatic heterocycles. The average molecular weight is 442 g/mol. The Morgan fingerprint density at radius 3 is 2.47 bits per heavy atom. The van der Waals surface area contributed by atoms with Gasteiger partial charge in [0.05, 0.1) is 18.3 Å². The number of likely N-dealkylation sites (N-methyl/N-ethyl adjacent to an activating group) is 1. The van der Waals surface area contributed by atoms with Gasteiger partial charge in [-0.05, 0) is 43.1 Å². The Hall–Kier alpha value is -2.64. The van der Waals surface area contributed by atoms with Crippen molar-refractivity contribution in [3.63, 3.8) is 0 Å². The van der Waals surface area contributed by atoms with Crippen LogP contribution in [0.3, 0.4) is 0 Å². The number of aliphatic imine (C=N–C) groups is 1. The molecule has 0 saturated carbocycles. The maximum absolute atomic E-state index is 14.8. The molecule has 7 heteroatoms. The zero-order valence-corrected chi connectivity index (χ0v) is 19.2. The lowest BCUT2D eigenvalue weighted by atomic mass is 10.1. The van der Waals surface area contributed by atoms with Gasteiger partial charge in [-0.25, -0.2) is 9.38 Å². The van der Waals surface area contributed by atoms with Crippen molar-refractivity contribution in [3.05, 3.63) is 65.5 Å². The summed E-state index contributed by atoms with van der Waals surface area (Å²) in [6.45, 7) is 10.5. The first-order valence-electron chi connectivity index (χ1n) is 11.6. The minimum Gasteiger partial charge on any atom is -0.388 e. The second kappa shape index (κ2) is 12.4. The number of nitrogens with zero attached hydrogens (tertiary/aromatic N) is 3. The molecule has 1 saturated heterocycles. The van der Waals surface area contributed by atoms with Crippen molar-refractivity contribution < 1.29 is 9.50 Å². The molecule has 0 amide bonds. The molecule has 1 fully saturated rings. The monoisotopic (exact) mass is 441 g/mol. The normalized spacial score (nSPS) is 16.1. The average Bonchev–Trinajstić information content (AvgIpc) is 2.83. The molecule has 0 radical (unpaired) electrons. The van der Waals surface area contributed by atoms with Crippen LogP contribution in [-0.4, -0.2) is 61.8 Å². The number of rotatable bonds is 9. The van der Waals surface area contributed by atoms with Crippen molar-refractivity contribution in [1.29, 1.82) is 0 Å². The Kier molecular flexibility index (Phi) is 9.31. The Bertz CT molecular complexity index is 853. The summed E-state index contributed by atoms with van der Waals surface area (Å²) in [5.41, 5.74) is 2.41. The molecule has 0 spiro atoms. The lowest BCUT2D eigenvalue weighted by Crippen LogP contribution is -2.46. The summed E-state index contributed by atoms with van der Waals surface area (Å²) in [7, 11) is 0. The van der Waals surface area contributed by atoms with Gasteiger partial charge in [0.15, 0.2) is 5.96 Å². The van der Waals surface area contributed by atoms with E-state index in [9.17, 15) is 9.50 Å². The standard InChI is InChI=1S/C25H36FN5O/c1-3-27-25(28-13-12-24(32)21-8-6-5-7-9-21)29-19-20-10-11-23(22(26)18-20)31-16-14-30(4-2)15-17-31/h5-11,18,24,32H,3-4,12-17,19H2,1-2H3,(H2,27,28,29). The number of aliphatic hydroxyl groups excluding tert-OH is 1. The van der Waals surface area contributed by atoms with E-state index in [4.69, 9.17) is 0 Å². The summed E-state index contributed by atoms with van der Waals surface area (Å²) in [5.74, 6) is 0.472. The highest BCUT2D eigenvalue weighted by atomic mass is 19.1. The lowest BCUT2D eigenvalue weighted by molar-refractivity contribution is 0.168. The van der Waals surface area contributed by atoms with Gasteiger partial charge in [-0.2, -0.15) is 0 Å². The number of hydrogen-bond acceptors (Lipinski definition) is 4. The summed E-state index contributed by atoms with van der Waals surface area (Å²) in [6, 6.07) is 15.0. The maximum atomic E-state index is 14.8. The molecule has 32 heavy (non-hydrogen) atoms. The van der Waals surface area contributed by atoms with E-state index < -0.39 is 6.10 Å². The molecular formula is C25H36FN5O. The first-order valence-corrected chi connectivity index (χ1v) is 11.6. The van der Waals surface area contributed by atoms with Crippen molar-refractivity contribution in [1.82, 2.24) is 15.5 Å². The van der Waals surface area contributed by atoms with Gasteiger partial charge < -0.3 is 25.5 Å². The van der Waals surface area contributed by atoms with Crippen molar-refractivity contribution in [3.8, 4) is 0 Å². The highest BCUT2D eigenvalue weighted by Crippen LogP contribution is 2.22. The molecule has 1 aliphatic rings. The molecule has 3 N–H and O–H groups in total. The van der Waals surface area contributed by atoms with Crippen LogP contribution in [-0.2, 0) is 6.54 Å². The first kappa shape index (κ1) is 24.0. The van der Waals surface area contributed by atoms with Crippen LogP contribution in [0.15, 0.2) is 53.5 Å². The van der Waals surface area contributed by atoms with Crippen LogP contribution in [0.2, 0.25) is 0 Å². The topological polar surface area (TPSA) is 63.1 Å². The summed E-state index contributed by atoms with van der Waals surface area (Å²) < 4.78 is 14.8. The zero-order chi connectivity index (χ0) is 22.8. The van der Waals surface area contributed by atoms with E-state index in [1.165, 1.54) is 0 Å². The molecule has 0 aliphatic carbocycles. The van der Waals surface area contributed by atoms with E-state index in [1.807, 2.05) is 49.4 Å². The SMILES string of the molecule is CCNC(=NCc1ccc(N2CCN(CC)CC2)c(F)c1)NCCC(O)c1ccccc1. The zero-order valence-electron chi connectivity index (χ0n) is 19.2. The number of guanidine groups is 1. The van der Waals surface area contributed by atoms with Crippen LogP contribution in [0.4, 0.5) is 10.1 Å². The lowest BCUT2D eigenvalue weighted by Gasteiger charge is -2.35. The molecule has 3 rings (SSSR count). The second-order valence-corrected chi connectivity index (χ2v) is 8.04. The summed E-state index contributed by atoms with van der Waals surface area (Å²) >= 11 is 0. The van der Waals surface area contributed by atoms with Gasteiger partial charge in [0.2, 0.25) is 0 Å². The summed E-state index contributed by atoms with van der Waals surface area (Å²) in [6.07, 6.45) is 0.0516. The molecular weight excluding hydrogens is 405 g/mol. The molecule has 1 aliphatic heterocycles. The quantitative estimate of drug-likeness (QED) is 0.412. The minimum atomic E-state index is -0.521. The van der Waals surface area contributed by atoms with Gasteiger partial charge in [-0.1, -0.05) is 43.3 Å². The Morgan fingerprint density at radius 2 is 1.81 bits per heavy atom. The van der Waals surface area contributed by atoms with Gasteiger partial charge >= 0.3 is 0 Å². The van der Waals surface area contributed by atoms with Crippen molar-refractivity contribution >= 4 is 11.6 Å². The largest absolute Gasteiger partial charge is 0.388 e. The van der Waals surface area contributed by atoms with Crippen LogP contribution in [0.5, 0.6) is 0 Å². The van der Waals surface area contributed by atoms with Gasteiger partial charge in [0.1, 0.15) is 5.82 Å². The fourth-order valence-corrected chi connectivity index (χ4v) is 3.89. The van der Waals surface area contributed by atoms with Crippen molar-refractivity contribution in [2.75, 3.05) is 50.7 Å². The molecule has 1 atom stereocenters. The number of aliphatic hydroxyl groups is 1. The van der Waals surface area contributed by atoms with Gasteiger partial charge in [0, 0.05) is 39.3 Å². The number of piperazine rings is 1. The third-order valence-corrected chi connectivity index (χ3v) is 5.83. The third kappa shape index (κ3) is 6.93. The molecule has 174 valence electrons. The number of halogens is 1. The molecule has 2 aromatic carbocycles. The minimum absolute atomic E-state index is 0.188. The number of benzene rings is 2. The highest BCUT2D eigenvalue weighted by Gasteiger charge is 2.18. The van der Waals surface area contributed by atoms with Crippen molar-refractivity contribution in [2.45, 2.75) is 32.9 Å². The van der Waals surface area contributed by atoms with E-state index in [-0.39, 0.29) is 5.82 Å². The fourth-order valence-electron chi connectivity index (χ4n) is 3.89. The second-order valence-electron chi connectivity index (χ2n) is 8.04. The fraction of sp³-hybridized carbons (Fsp3) is 0.480. The highest BCUT2D eigenvalue weighted by molar-refractivity contribution is 5.79. The van der Waals surface area contributed by atoms with E-state index in [0.29, 0.717) is 31.2 Å². The number of hydrogen-bond donors (Lipinski definition) is 3. The summed E-state index contributed by atoms with van der Waals surface area (Å²) in [5, 5.41) is 16.8. The van der Waals surface area contributed by atoms with Gasteiger partial charge in [-0.3, -0.25) is 0 Å². The van der Waals surface area contributed by atoms with E-state index in [1.54, 1.807) is 6.07 Å². The van der Waals surface area contributed by atoms with E-state index in [2.05, 4.69) is 32.3 Å². The maximum Gasteiger partial charge on any atom is 0.191 e. The van der Waals surface area contributed by atoms with Crippen LogP contribution in [0.1, 0.15) is 37.5 Å². The molecule has 0 bridgehead atoms.